The molecule has 15 nitrogen and oxygen atoms in total. The van der Waals surface area contributed by atoms with Crippen molar-refractivity contribution in [3.63, 3.8) is 0 Å². The molecule has 0 spiro atoms. The van der Waals surface area contributed by atoms with Crippen molar-refractivity contribution in [2.24, 2.45) is 0 Å². The number of fused-ring (bicyclic) bond motifs is 9. The maximum Gasteiger partial charge on any atom is 0.163 e. The summed E-state index contributed by atoms with van der Waals surface area (Å²) in [5.74, 6) is 0.247. The van der Waals surface area contributed by atoms with E-state index in [1.54, 1.807) is 54.7 Å². The van der Waals surface area contributed by atoms with Gasteiger partial charge in [-0.15, -0.1) is 11.3 Å². The van der Waals surface area contributed by atoms with Gasteiger partial charge in [0.15, 0.2) is 5.78 Å². The molecule has 21 aromatic rings. The van der Waals surface area contributed by atoms with Crippen LogP contribution < -0.4 is 0 Å². The van der Waals surface area contributed by atoms with E-state index in [1.807, 2.05) is 158 Å². The van der Waals surface area contributed by atoms with Gasteiger partial charge in [0.25, 0.3) is 0 Å². The van der Waals surface area contributed by atoms with Crippen molar-refractivity contribution < 1.29 is 9.90 Å². The molecule has 16 heteroatoms. The van der Waals surface area contributed by atoms with E-state index >= 15 is 0 Å². The number of carbonyl (C=O) groups excluding carboxylic acids is 1. The number of nitrogens with zero attached hydrogens (tertiary/aromatic N) is 13. The van der Waals surface area contributed by atoms with Gasteiger partial charge in [0.2, 0.25) is 0 Å². The van der Waals surface area contributed by atoms with Crippen LogP contribution in [0.4, 0.5) is 0 Å². The zero-order valence-corrected chi connectivity index (χ0v) is 78.3. The smallest absolute Gasteiger partial charge is 0.163 e. The lowest BCUT2D eigenvalue weighted by atomic mass is 9.95. The molecule has 6 aliphatic carbocycles. The normalized spacial score (nSPS) is 13.7. The van der Waals surface area contributed by atoms with Gasteiger partial charge in [-0.25, -0.2) is 4.98 Å². The van der Waals surface area contributed by atoms with Gasteiger partial charge in [-0.3, -0.25) is 64.6 Å². The number of aliphatic hydroxyl groups excluding tert-OH is 1. The summed E-state index contributed by atoms with van der Waals surface area (Å²) in [5.41, 5.74) is 49.8. The first-order chi connectivity index (χ1) is 69.1. The van der Waals surface area contributed by atoms with E-state index in [9.17, 15) is 9.90 Å². The number of para-hydroxylation sites is 1. The number of carbonyl (C=O) groups is 1. The van der Waals surface area contributed by atoms with E-state index in [4.69, 9.17) is 15.0 Å². The molecule has 0 bridgehead atoms. The third-order valence-corrected chi connectivity index (χ3v) is 28.3. The van der Waals surface area contributed by atoms with Crippen molar-refractivity contribution in [2.45, 2.75) is 103 Å². The Bertz CT molecular complexity index is 8120. The molecule has 6 aliphatic rings. The standard InChI is InChI=1S/C23H18N2.C22H17N3.C21H16N2S.C20H16N2.C19H16N2O.C19H14N2O/c1-2-9-22-20(7-1)19(12-14-24-22)21-8-4-13-25-23(21)18-11-10-16-5-3-6-17(16)15-18;1-3-15-6-7-18(13-16(15)4-1)22-19(5-2-10-25-22)17-8-9-20-21(14-17)24-12-11-23-20;1-3-14-6-7-17(11-15(14)4-1)21-18(5-2-10-22-21)16-8-9-19-20(12-16)24-13-23-19;1-14-4-5-16-13-17(6-7-18(14)16)20-19(3-2-10-22-20)15-8-11-21-12-9-15;2*22-18-6-4-14-12-15(3-5-16(14)18)19-17(2-1-9-21-19)13-7-10-20-11-8-13/h1-2,4,7-15H,3,5-6H2;2,5-14H,1,3-4H2;2,5-13H,1,3-4H2;2-4,6-13H,5H2,1H3;1-3,5,7-12,18,22H,4,6H2;1-3,5,7-12H,4,6H2. The number of thiazole rings is 1. The number of benzene rings is 9. The minimum Gasteiger partial charge on any atom is -0.388 e. The molecule has 0 saturated carbocycles. The van der Waals surface area contributed by atoms with E-state index < -0.39 is 0 Å². The fraction of sp³-hybridized carbons (Fsp3) is 0.129. The highest BCUT2D eigenvalue weighted by atomic mass is 32.1. The molecule has 0 fully saturated rings. The topological polar surface area (TPSA) is 205 Å². The highest BCUT2D eigenvalue weighted by molar-refractivity contribution is 7.16. The van der Waals surface area contributed by atoms with Crippen LogP contribution >= 0.6 is 11.3 Å². The average Bonchev–Trinajstić information content (AvgIpc) is 1.80. The number of Topliss-reactive ketones (excluding diaryl/α,β-unsaturated/α-hetero) is 1. The Morgan fingerprint density at radius 1 is 0.257 bits per heavy atom. The van der Waals surface area contributed by atoms with Crippen LogP contribution in [0, 0.1) is 0 Å². The molecule has 1 unspecified atom stereocenters. The monoisotopic (exact) mass is 1830 g/mol. The van der Waals surface area contributed by atoms with Crippen LogP contribution in [0.3, 0.4) is 0 Å². The van der Waals surface area contributed by atoms with Gasteiger partial charge < -0.3 is 5.11 Å². The van der Waals surface area contributed by atoms with E-state index in [1.165, 1.54) is 168 Å². The van der Waals surface area contributed by atoms with Gasteiger partial charge in [0, 0.05) is 177 Å². The van der Waals surface area contributed by atoms with Gasteiger partial charge in [0.05, 0.1) is 72.5 Å². The minimum absolute atomic E-state index is 0.247. The van der Waals surface area contributed by atoms with Gasteiger partial charge in [-0.1, -0.05) is 146 Å². The molecule has 0 saturated heterocycles. The number of rotatable bonds is 12. The van der Waals surface area contributed by atoms with Crippen molar-refractivity contribution in [1.82, 2.24) is 64.8 Å². The second kappa shape index (κ2) is 40.7. The molecule has 12 heterocycles. The number of aliphatic hydroxyl groups is 1. The second-order valence-corrected chi connectivity index (χ2v) is 36.9. The Balaban J connectivity index is 0.0000000967. The molecule has 0 aliphatic heterocycles. The zero-order valence-electron chi connectivity index (χ0n) is 77.5. The van der Waals surface area contributed by atoms with Crippen molar-refractivity contribution in [3.05, 3.63) is 456 Å². The first-order valence-corrected chi connectivity index (χ1v) is 49.0. The Labute approximate surface area is 817 Å². The first kappa shape index (κ1) is 88.6. The van der Waals surface area contributed by atoms with E-state index in [-0.39, 0.29) is 11.9 Å². The predicted octanol–water partition coefficient (Wildman–Crippen LogP) is 28.3. The van der Waals surface area contributed by atoms with Crippen LogP contribution in [0.25, 0.3) is 172 Å². The predicted molar refractivity (Wildman–Crippen MR) is 565 cm³/mol. The lowest BCUT2D eigenvalue weighted by molar-refractivity contribution is 0.0994. The van der Waals surface area contributed by atoms with Crippen LogP contribution in [0.2, 0.25) is 0 Å². The summed E-state index contributed by atoms with van der Waals surface area (Å²) in [5, 5.41) is 11.1. The number of allylic oxidation sites excluding steroid dienone is 2. The third-order valence-electron chi connectivity index (χ3n) is 27.5. The van der Waals surface area contributed by atoms with Gasteiger partial charge in [-0.2, -0.15) is 0 Å². The molecule has 676 valence electrons. The van der Waals surface area contributed by atoms with Crippen molar-refractivity contribution in [3.8, 4) is 134 Å². The number of hydrogen-bond acceptors (Lipinski definition) is 16. The molecule has 1 N–H and O–H groups in total. The fourth-order valence-electron chi connectivity index (χ4n) is 20.4. The van der Waals surface area contributed by atoms with Crippen LogP contribution in [-0.2, 0) is 57.8 Å². The molecule has 9 aromatic carbocycles. The number of aryl methyl sites for hydroxylation is 8. The molecule has 27 rings (SSSR count). The SMILES string of the molecule is CC1=CCc2cc(-c3ncccc3-c3ccncc3)ccc21.O=C1CCc2cc(-c3ncccc3-c3ccncc3)ccc21.OC1CCc2cc(-c3ncccc3-c3ccncc3)ccc21.c1cnc(-c2ccc3c(c2)CCC3)c(-c2ccc3nccnc3c2)c1.c1cnc(-c2ccc3c(c2)CCC3)c(-c2ccc3ncsc3c2)c1.c1cnc(-c2ccc3c(c2)CCC3)c(-c2ccnc3ccccc23)c1. The molecular weight excluding hydrogens is 1740 g/mol. The van der Waals surface area contributed by atoms with Crippen molar-refractivity contribution >= 4 is 54.8 Å². The highest BCUT2D eigenvalue weighted by Gasteiger charge is 2.26. The summed E-state index contributed by atoms with van der Waals surface area (Å²) < 4.78 is 1.22. The molecular formula is C124H97N13O2S. The zero-order chi connectivity index (χ0) is 94.0. The second-order valence-electron chi connectivity index (χ2n) is 36.0. The lowest BCUT2D eigenvalue weighted by Crippen LogP contribution is -1.93. The Morgan fingerprint density at radius 3 is 1.19 bits per heavy atom. The van der Waals surface area contributed by atoms with Gasteiger partial charge in [0.1, 0.15) is 0 Å². The average molecular weight is 1830 g/mol. The lowest BCUT2D eigenvalue weighted by Gasteiger charge is -2.12. The molecule has 1 atom stereocenters. The van der Waals surface area contributed by atoms with Crippen LogP contribution in [-0.4, -0.2) is 75.7 Å². The van der Waals surface area contributed by atoms with Gasteiger partial charge in [-0.05, 0) is 336 Å². The first-order valence-electron chi connectivity index (χ1n) is 48.1. The van der Waals surface area contributed by atoms with Crippen LogP contribution in [0.1, 0.15) is 117 Å². The summed E-state index contributed by atoms with van der Waals surface area (Å²) in [4.78, 5) is 69.6. The largest absolute Gasteiger partial charge is 0.388 e. The summed E-state index contributed by atoms with van der Waals surface area (Å²) in [6.07, 6.45) is 44.5. The van der Waals surface area contributed by atoms with Gasteiger partial charge >= 0.3 is 0 Å². The third kappa shape index (κ3) is 19.0. The number of pyridine rings is 10. The summed E-state index contributed by atoms with van der Waals surface area (Å²) in [7, 11) is 0. The minimum atomic E-state index is -0.313. The summed E-state index contributed by atoms with van der Waals surface area (Å²) in [6.45, 7) is 2.18. The molecule has 12 aromatic heterocycles. The summed E-state index contributed by atoms with van der Waals surface area (Å²) >= 11 is 1.68. The number of aromatic nitrogens is 13. The molecule has 0 amide bonds. The Kier molecular flexibility index (Phi) is 25.8. The van der Waals surface area contributed by atoms with Crippen molar-refractivity contribution in [1.29, 1.82) is 0 Å². The Hall–Kier alpha value is -16.7. The number of hydrogen-bond donors (Lipinski definition) is 1. The molecule has 0 radical (unpaired) electrons. The highest BCUT2D eigenvalue weighted by Crippen LogP contribution is 2.44. The van der Waals surface area contributed by atoms with E-state index in [2.05, 4.69) is 245 Å². The van der Waals surface area contributed by atoms with Crippen LogP contribution in [0.5, 0.6) is 0 Å². The number of ketones is 1. The van der Waals surface area contributed by atoms with E-state index in [0.717, 1.165) is 154 Å². The maximum absolute atomic E-state index is 11.8. The maximum atomic E-state index is 11.8. The summed E-state index contributed by atoms with van der Waals surface area (Å²) in [6, 6.07) is 99.1. The Morgan fingerprint density at radius 2 is 0.664 bits per heavy atom. The fourth-order valence-corrected chi connectivity index (χ4v) is 21.2. The quantitative estimate of drug-likeness (QED) is 0.121. The van der Waals surface area contributed by atoms with Crippen molar-refractivity contribution in [2.75, 3.05) is 0 Å². The van der Waals surface area contributed by atoms with Crippen LogP contribution in [0.15, 0.2) is 390 Å². The van der Waals surface area contributed by atoms with E-state index in [0.29, 0.717) is 6.42 Å². The molecule has 140 heavy (non-hydrogen) atoms.